The molecule has 2 nitrogen and oxygen atoms in total. The van der Waals surface area contributed by atoms with Crippen LogP contribution < -0.4 is 0 Å². The number of hydrogen-bond acceptors (Lipinski definition) is 2. The fourth-order valence-corrected chi connectivity index (χ4v) is 6.00. The smallest absolute Gasteiger partial charge is 0.139 e. The molecule has 4 rings (SSSR count). The summed E-state index contributed by atoms with van der Waals surface area (Å²) in [6.07, 6.45) is 12.7. The Morgan fingerprint density at radius 2 is 2.09 bits per heavy atom. The van der Waals surface area contributed by atoms with Crippen molar-refractivity contribution in [3.63, 3.8) is 0 Å². The number of fused-ring (bicyclic) bond motifs is 5. The first-order chi connectivity index (χ1) is 10.6. The molecule has 0 aromatic carbocycles. The molecule has 2 heteroatoms. The van der Waals surface area contributed by atoms with Crippen molar-refractivity contribution in [2.45, 2.75) is 58.8 Å². The lowest BCUT2D eigenvalue weighted by molar-refractivity contribution is -0.130. The quantitative estimate of drug-likeness (QED) is 0.741. The number of carbonyl (C=O) groups excluding carboxylic acids is 1. The Balaban J connectivity index is 1.61. The molecule has 22 heavy (non-hydrogen) atoms. The van der Waals surface area contributed by atoms with Crippen molar-refractivity contribution in [1.29, 1.82) is 0 Å². The average Bonchev–Trinajstić information content (AvgIpc) is 2.83. The predicted molar refractivity (Wildman–Crippen MR) is 87.2 cm³/mol. The topological polar surface area (TPSA) is 26.3 Å². The minimum absolute atomic E-state index is 0.00744. The van der Waals surface area contributed by atoms with E-state index in [1.54, 1.807) is 0 Å². The van der Waals surface area contributed by atoms with Crippen molar-refractivity contribution >= 4 is 5.78 Å². The Hall–Kier alpha value is -1.05. The van der Waals surface area contributed by atoms with Gasteiger partial charge in [0.15, 0.2) is 0 Å². The van der Waals surface area contributed by atoms with E-state index in [0.717, 1.165) is 50.0 Å². The lowest BCUT2D eigenvalue weighted by atomic mass is 9.53. The zero-order valence-corrected chi connectivity index (χ0v) is 13.9. The summed E-state index contributed by atoms with van der Waals surface area (Å²) in [5, 5.41) is 0. The number of carbonyl (C=O) groups is 1. The van der Waals surface area contributed by atoms with E-state index in [1.807, 2.05) is 0 Å². The fraction of sp³-hybridized carbons (Fsp3) is 0.750. The van der Waals surface area contributed by atoms with Crippen LogP contribution in [0.2, 0.25) is 0 Å². The van der Waals surface area contributed by atoms with Gasteiger partial charge in [0.25, 0.3) is 0 Å². The first kappa shape index (κ1) is 14.5. The van der Waals surface area contributed by atoms with Crippen molar-refractivity contribution in [2.75, 3.05) is 6.61 Å². The highest BCUT2D eigenvalue weighted by atomic mass is 16.5. The van der Waals surface area contributed by atoms with Crippen LogP contribution >= 0.6 is 0 Å². The number of hydrogen-bond donors (Lipinski definition) is 0. The largest absolute Gasteiger partial charge is 0.498 e. The molecule has 0 saturated heterocycles. The first-order valence-corrected chi connectivity index (χ1v) is 9.20. The first-order valence-electron chi connectivity index (χ1n) is 9.20. The zero-order chi connectivity index (χ0) is 15.3. The predicted octanol–water partition coefficient (Wildman–Crippen LogP) is 4.66. The van der Waals surface area contributed by atoms with Gasteiger partial charge < -0.3 is 4.74 Å². The second-order valence-corrected chi connectivity index (χ2v) is 7.98. The van der Waals surface area contributed by atoms with Crippen LogP contribution in [-0.4, -0.2) is 12.4 Å². The second-order valence-electron chi connectivity index (χ2n) is 7.98. The van der Waals surface area contributed by atoms with Crippen molar-refractivity contribution in [3.05, 3.63) is 23.5 Å². The maximum Gasteiger partial charge on any atom is 0.139 e. The van der Waals surface area contributed by atoms with E-state index in [2.05, 4.69) is 26.0 Å². The lowest BCUT2D eigenvalue weighted by Gasteiger charge is -2.50. The molecule has 0 N–H and O–H groups in total. The summed E-state index contributed by atoms with van der Waals surface area (Å²) < 4.78 is 5.74. The van der Waals surface area contributed by atoms with E-state index in [1.165, 1.54) is 30.6 Å². The van der Waals surface area contributed by atoms with Crippen LogP contribution in [0.15, 0.2) is 23.5 Å². The van der Waals surface area contributed by atoms with Crippen LogP contribution in [-0.2, 0) is 9.53 Å². The highest BCUT2D eigenvalue weighted by Gasteiger charge is 2.55. The second kappa shape index (κ2) is 5.25. The van der Waals surface area contributed by atoms with Gasteiger partial charge in [-0.3, -0.25) is 4.79 Å². The zero-order valence-electron chi connectivity index (χ0n) is 13.9. The monoisotopic (exact) mass is 300 g/mol. The van der Waals surface area contributed by atoms with Gasteiger partial charge in [-0.05, 0) is 74.3 Å². The normalized spacial score (nSPS) is 43.6. The molecular formula is C20H28O2. The van der Waals surface area contributed by atoms with Gasteiger partial charge in [-0.2, -0.15) is 0 Å². The number of ether oxygens (including phenoxy) is 1. The fourth-order valence-electron chi connectivity index (χ4n) is 6.00. The van der Waals surface area contributed by atoms with E-state index >= 15 is 0 Å². The van der Waals surface area contributed by atoms with Crippen LogP contribution in [0, 0.1) is 29.1 Å². The molecule has 0 heterocycles. The van der Waals surface area contributed by atoms with E-state index in [4.69, 9.17) is 4.74 Å². The summed E-state index contributed by atoms with van der Waals surface area (Å²) in [4.78, 5) is 12.4. The SMILES string of the molecule is CCOC1=CC2=CC[C@@H]3[C@H](CC[C@]4(C)C(=O)CC[C@@H]34)[C@H]2CC1. The highest BCUT2D eigenvalue weighted by Crippen LogP contribution is 2.59. The molecule has 4 aliphatic carbocycles. The van der Waals surface area contributed by atoms with Crippen molar-refractivity contribution in [2.24, 2.45) is 29.1 Å². The molecule has 0 bridgehead atoms. The van der Waals surface area contributed by atoms with E-state index in [-0.39, 0.29) is 5.41 Å². The summed E-state index contributed by atoms with van der Waals surface area (Å²) in [6.45, 7) is 5.10. The van der Waals surface area contributed by atoms with Crippen molar-refractivity contribution < 1.29 is 9.53 Å². The molecule has 4 aliphatic rings. The maximum absolute atomic E-state index is 12.4. The Morgan fingerprint density at radius 3 is 2.91 bits per heavy atom. The minimum Gasteiger partial charge on any atom is -0.498 e. The van der Waals surface area contributed by atoms with Gasteiger partial charge in [-0.1, -0.05) is 13.0 Å². The minimum atomic E-state index is 0.00744. The number of rotatable bonds is 2. The molecule has 2 saturated carbocycles. The summed E-state index contributed by atoms with van der Waals surface area (Å²) in [5.74, 6) is 4.66. The van der Waals surface area contributed by atoms with E-state index in [9.17, 15) is 4.79 Å². The summed E-state index contributed by atoms with van der Waals surface area (Å²) in [7, 11) is 0. The van der Waals surface area contributed by atoms with Gasteiger partial charge in [0.05, 0.1) is 12.4 Å². The molecule has 0 aromatic heterocycles. The van der Waals surface area contributed by atoms with Gasteiger partial charge in [-0.15, -0.1) is 0 Å². The molecule has 120 valence electrons. The molecule has 0 aliphatic heterocycles. The van der Waals surface area contributed by atoms with Crippen LogP contribution in [0.25, 0.3) is 0 Å². The van der Waals surface area contributed by atoms with E-state index < -0.39 is 0 Å². The molecule has 0 unspecified atom stereocenters. The third kappa shape index (κ3) is 2.02. The standard InChI is InChI=1S/C20H28O2/c1-3-22-14-5-7-15-13(12-14)4-6-17-16(15)10-11-20(2)18(17)8-9-19(20)21/h4,12,15-18H,3,5-11H2,1-2H3/t15-,16+,17+,18-,20-/m0/s1. The summed E-state index contributed by atoms with van der Waals surface area (Å²) >= 11 is 0. The Labute approximate surface area is 134 Å². The van der Waals surface area contributed by atoms with Gasteiger partial charge in [-0.25, -0.2) is 0 Å². The maximum atomic E-state index is 12.4. The van der Waals surface area contributed by atoms with Crippen LogP contribution in [0.4, 0.5) is 0 Å². The van der Waals surface area contributed by atoms with Gasteiger partial charge >= 0.3 is 0 Å². The van der Waals surface area contributed by atoms with Crippen molar-refractivity contribution in [1.82, 2.24) is 0 Å². The Morgan fingerprint density at radius 1 is 1.23 bits per heavy atom. The molecule has 0 spiro atoms. The van der Waals surface area contributed by atoms with Gasteiger partial charge in [0, 0.05) is 18.3 Å². The van der Waals surface area contributed by atoms with E-state index in [0.29, 0.717) is 11.7 Å². The average molecular weight is 300 g/mol. The Bertz CT molecular complexity index is 544. The van der Waals surface area contributed by atoms with Crippen LogP contribution in [0.3, 0.4) is 0 Å². The Kier molecular flexibility index (Phi) is 3.47. The van der Waals surface area contributed by atoms with Crippen LogP contribution in [0.1, 0.15) is 58.8 Å². The van der Waals surface area contributed by atoms with Gasteiger partial charge in [0.2, 0.25) is 0 Å². The summed E-state index contributed by atoms with van der Waals surface area (Å²) in [5.41, 5.74) is 1.54. The molecule has 0 aromatic rings. The molecule has 0 radical (unpaired) electrons. The molecule has 0 amide bonds. The third-order valence-electron chi connectivity index (χ3n) is 7.13. The van der Waals surface area contributed by atoms with Gasteiger partial charge in [0.1, 0.15) is 5.78 Å². The molecule has 2 fully saturated rings. The number of ketones is 1. The number of Topliss-reactive ketones (excluding diaryl/α,β-unsaturated/α-hetero) is 1. The third-order valence-corrected chi connectivity index (χ3v) is 7.13. The number of allylic oxidation sites excluding steroid dienone is 4. The highest BCUT2D eigenvalue weighted by molar-refractivity contribution is 5.87. The summed E-state index contributed by atoms with van der Waals surface area (Å²) in [6, 6.07) is 0. The van der Waals surface area contributed by atoms with Crippen molar-refractivity contribution in [3.8, 4) is 0 Å². The van der Waals surface area contributed by atoms with Crippen LogP contribution in [0.5, 0.6) is 0 Å². The molecule has 5 atom stereocenters. The molecular weight excluding hydrogens is 272 g/mol. The lowest BCUT2D eigenvalue weighted by Crippen LogP contribution is -2.45.